The van der Waals surface area contributed by atoms with Gasteiger partial charge in [-0.15, -0.1) is 0 Å². The molecule has 1 fully saturated rings. The molecule has 7 heteroatoms. The monoisotopic (exact) mass is 531 g/mol. The molecule has 1 amide bonds. The maximum absolute atomic E-state index is 12.7. The molecule has 0 aromatic heterocycles. The lowest BCUT2D eigenvalue weighted by Crippen LogP contribution is -2.40. The highest BCUT2D eigenvalue weighted by Gasteiger charge is 2.39. The van der Waals surface area contributed by atoms with Crippen molar-refractivity contribution < 1.29 is 18.7 Å². The minimum Gasteiger partial charge on any atom is -0.484 e. The van der Waals surface area contributed by atoms with E-state index in [0.717, 1.165) is 43.0 Å². The van der Waals surface area contributed by atoms with Crippen LogP contribution in [0.15, 0.2) is 89.9 Å². The van der Waals surface area contributed by atoms with Crippen molar-refractivity contribution in [3.8, 4) is 5.75 Å². The van der Waals surface area contributed by atoms with Crippen LogP contribution in [0.4, 0.5) is 4.39 Å². The molecule has 0 aliphatic carbocycles. The number of benzene rings is 3. The van der Waals surface area contributed by atoms with Crippen molar-refractivity contribution in [2.45, 2.75) is 45.6 Å². The third-order valence-electron chi connectivity index (χ3n) is 6.96. The summed E-state index contributed by atoms with van der Waals surface area (Å²) in [5.41, 5.74) is 6.37. The number of likely N-dealkylation sites (tertiary alicyclic amines) is 1. The summed E-state index contributed by atoms with van der Waals surface area (Å²) >= 11 is 0. The quantitative estimate of drug-likeness (QED) is 0.296. The van der Waals surface area contributed by atoms with Crippen molar-refractivity contribution in [2.75, 3.05) is 19.7 Å². The minimum atomic E-state index is -1.07. The van der Waals surface area contributed by atoms with Crippen LogP contribution in [0, 0.1) is 11.7 Å². The van der Waals surface area contributed by atoms with Crippen molar-refractivity contribution in [1.82, 2.24) is 4.90 Å². The van der Waals surface area contributed by atoms with Crippen LogP contribution in [0.5, 0.6) is 5.75 Å². The van der Waals surface area contributed by atoms with Crippen molar-refractivity contribution in [3.05, 3.63) is 102 Å². The van der Waals surface area contributed by atoms with E-state index in [4.69, 9.17) is 10.5 Å². The smallest absolute Gasteiger partial charge is 0.260 e. The Labute approximate surface area is 230 Å². The zero-order chi connectivity index (χ0) is 28.3. The number of hydrogen-bond acceptors (Lipinski definition) is 4. The Morgan fingerprint density at radius 1 is 0.923 bits per heavy atom. The van der Waals surface area contributed by atoms with Gasteiger partial charge in [0.15, 0.2) is 17.9 Å². The van der Waals surface area contributed by atoms with E-state index in [0.29, 0.717) is 11.6 Å². The molecule has 1 heterocycles. The average molecular weight is 532 g/mol. The predicted molar refractivity (Wildman–Crippen MR) is 153 cm³/mol. The Hall–Kier alpha value is -4.00. The summed E-state index contributed by atoms with van der Waals surface area (Å²) < 4.78 is 18.1. The van der Waals surface area contributed by atoms with Crippen molar-refractivity contribution in [3.63, 3.8) is 0 Å². The SMILES string of the molecule is CC(=O)C(N=C(C)N)(c1ccccc1)c1ccccc1.CCC1CCN(C(=O)COc2ccc(F)cc2)CC1. The molecular weight excluding hydrogens is 493 g/mol. The molecule has 4 rings (SSSR count). The number of Topliss-reactive ketones (excluding diaryl/α,β-unsaturated/α-hetero) is 1. The molecular formula is C32H38FN3O3. The summed E-state index contributed by atoms with van der Waals surface area (Å²) in [5.74, 6) is 1.31. The number of aliphatic imine (C=N–C) groups is 1. The standard InChI is InChI=1S/C17H18N2O.C15H20FNO2/c1-13(20)17(19-14(2)18,15-9-5-3-6-10-15)16-11-7-4-8-12-16;1-2-12-7-9-17(10-8-12)15(18)11-19-14-5-3-13(16)4-6-14/h3-12H,1-2H3,(H2,18,19);3-6,12H,2,7-11H2,1H3. The average Bonchev–Trinajstić information content (AvgIpc) is 2.96. The molecule has 0 spiro atoms. The first-order valence-electron chi connectivity index (χ1n) is 13.4. The lowest BCUT2D eigenvalue weighted by Gasteiger charge is -2.31. The molecule has 6 nitrogen and oxygen atoms in total. The Morgan fingerprint density at radius 3 is 1.87 bits per heavy atom. The number of nitrogens with two attached hydrogens (primary N) is 1. The summed E-state index contributed by atoms with van der Waals surface area (Å²) in [6.07, 6.45) is 3.35. The summed E-state index contributed by atoms with van der Waals surface area (Å²) in [6.45, 7) is 7.12. The van der Waals surface area contributed by atoms with Crippen molar-refractivity contribution in [2.24, 2.45) is 16.6 Å². The van der Waals surface area contributed by atoms with Gasteiger partial charge in [-0.2, -0.15) is 0 Å². The molecule has 3 aromatic carbocycles. The van der Waals surface area contributed by atoms with Gasteiger partial charge in [-0.1, -0.05) is 74.0 Å². The number of amidine groups is 1. The van der Waals surface area contributed by atoms with E-state index in [2.05, 4.69) is 11.9 Å². The fourth-order valence-electron chi connectivity index (χ4n) is 4.76. The van der Waals surface area contributed by atoms with Gasteiger partial charge in [0.25, 0.3) is 5.91 Å². The van der Waals surface area contributed by atoms with Gasteiger partial charge in [-0.05, 0) is 68.0 Å². The number of nitrogens with zero attached hydrogens (tertiary/aromatic N) is 2. The van der Waals surface area contributed by atoms with Crippen LogP contribution >= 0.6 is 0 Å². The lowest BCUT2D eigenvalue weighted by atomic mass is 9.80. The summed E-state index contributed by atoms with van der Waals surface area (Å²) in [5, 5.41) is 0. The van der Waals surface area contributed by atoms with E-state index < -0.39 is 5.54 Å². The number of ketones is 1. The molecule has 0 bridgehead atoms. The Bertz CT molecular complexity index is 1180. The number of piperidine rings is 1. The van der Waals surface area contributed by atoms with Gasteiger partial charge in [0, 0.05) is 13.1 Å². The second kappa shape index (κ2) is 14.2. The number of carbonyl (C=O) groups excluding carboxylic acids is 2. The van der Waals surface area contributed by atoms with E-state index in [1.807, 2.05) is 65.6 Å². The Morgan fingerprint density at radius 2 is 1.44 bits per heavy atom. The number of hydrogen-bond donors (Lipinski definition) is 1. The normalized spacial score (nSPS) is 14.3. The first kappa shape index (κ1) is 29.6. The van der Waals surface area contributed by atoms with E-state index in [-0.39, 0.29) is 24.1 Å². The molecule has 1 aliphatic heterocycles. The molecule has 2 N–H and O–H groups in total. The minimum absolute atomic E-state index is 0.0129. The molecule has 0 atom stereocenters. The number of carbonyl (C=O) groups is 2. The van der Waals surface area contributed by atoms with Crippen LogP contribution < -0.4 is 10.5 Å². The van der Waals surface area contributed by atoms with Gasteiger partial charge >= 0.3 is 0 Å². The Kier molecular flexibility index (Phi) is 10.8. The first-order chi connectivity index (χ1) is 18.8. The van der Waals surface area contributed by atoms with Gasteiger partial charge in [0.05, 0.1) is 5.84 Å². The molecule has 1 aliphatic rings. The highest BCUT2D eigenvalue weighted by Crippen LogP contribution is 2.35. The molecule has 1 saturated heterocycles. The topological polar surface area (TPSA) is 85.0 Å². The highest BCUT2D eigenvalue weighted by molar-refractivity contribution is 5.94. The number of amides is 1. The Balaban J connectivity index is 0.000000216. The third kappa shape index (κ3) is 7.99. The summed E-state index contributed by atoms with van der Waals surface area (Å²) in [6, 6.07) is 24.8. The van der Waals surface area contributed by atoms with Crippen LogP contribution in [0.1, 0.15) is 51.2 Å². The lowest BCUT2D eigenvalue weighted by molar-refractivity contribution is -0.134. The van der Waals surface area contributed by atoms with Crippen LogP contribution in [0.25, 0.3) is 0 Å². The summed E-state index contributed by atoms with van der Waals surface area (Å²) in [4.78, 5) is 30.8. The van der Waals surface area contributed by atoms with Crippen LogP contribution in [0.3, 0.4) is 0 Å². The predicted octanol–water partition coefficient (Wildman–Crippen LogP) is 5.75. The van der Waals surface area contributed by atoms with Crippen molar-refractivity contribution >= 4 is 17.5 Å². The third-order valence-corrected chi connectivity index (χ3v) is 6.96. The van der Waals surface area contributed by atoms with Crippen LogP contribution in [-0.4, -0.2) is 42.1 Å². The maximum atomic E-state index is 12.7. The number of halogens is 1. The van der Waals surface area contributed by atoms with Crippen LogP contribution in [0.2, 0.25) is 0 Å². The maximum Gasteiger partial charge on any atom is 0.260 e. The zero-order valence-corrected chi connectivity index (χ0v) is 23.0. The highest BCUT2D eigenvalue weighted by atomic mass is 19.1. The van der Waals surface area contributed by atoms with Crippen molar-refractivity contribution in [1.29, 1.82) is 0 Å². The molecule has 0 saturated carbocycles. The van der Waals surface area contributed by atoms with Gasteiger partial charge < -0.3 is 15.4 Å². The zero-order valence-electron chi connectivity index (χ0n) is 23.0. The van der Waals surface area contributed by atoms with E-state index in [1.54, 1.807) is 13.8 Å². The fraction of sp³-hybridized carbons (Fsp3) is 0.344. The summed E-state index contributed by atoms with van der Waals surface area (Å²) in [7, 11) is 0. The molecule has 3 aromatic rings. The van der Waals surface area contributed by atoms with Gasteiger partial charge in [0.1, 0.15) is 11.6 Å². The van der Waals surface area contributed by atoms with Gasteiger partial charge in [0.2, 0.25) is 0 Å². The number of ether oxygens (including phenoxy) is 1. The molecule has 0 unspecified atom stereocenters. The molecule has 39 heavy (non-hydrogen) atoms. The second-order valence-corrected chi connectivity index (χ2v) is 9.73. The van der Waals surface area contributed by atoms with E-state index in [1.165, 1.54) is 30.7 Å². The molecule has 0 radical (unpaired) electrons. The molecule has 206 valence electrons. The van der Waals surface area contributed by atoms with E-state index >= 15 is 0 Å². The fourth-order valence-corrected chi connectivity index (χ4v) is 4.76. The van der Waals surface area contributed by atoms with E-state index in [9.17, 15) is 14.0 Å². The van der Waals surface area contributed by atoms with Gasteiger partial charge in [-0.3, -0.25) is 9.59 Å². The second-order valence-electron chi connectivity index (χ2n) is 9.73. The van der Waals surface area contributed by atoms with Gasteiger partial charge in [-0.25, -0.2) is 9.38 Å². The first-order valence-corrected chi connectivity index (χ1v) is 13.4. The van der Waals surface area contributed by atoms with Crippen LogP contribution in [-0.2, 0) is 15.1 Å². The largest absolute Gasteiger partial charge is 0.484 e. The number of rotatable bonds is 8.